The molecule has 8 heteroatoms. The Labute approximate surface area is 184 Å². The van der Waals surface area contributed by atoms with Crippen molar-refractivity contribution in [2.75, 3.05) is 36.8 Å². The van der Waals surface area contributed by atoms with Crippen LogP contribution in [-0.4, -0.2) is 57.5 Å². The van der Waals surface area contributed by atoms with Crippen molar-refractivity contribution in [3.8, 4) is 11.6 Å². The maximum absolute atomic E-state index is 12.7. The molecule has 0 aliphatic carbocycles. The summed E-state index contributed by atoms with van der Waals surface area (Å²) in [5, 5.41) is 9.85. The predicted octanol–water partition coefficient (Wildman–Crippen LogP) is 3.67. The van der Waals surface area contributed by atoms with E-state index in [1.165, 1.54) is 17.4 Å². The minimum atomic E-state index is 0.0991. The number of amides is 1. The summed E-state index contributed by atoms with van der Waals surface area (Å²) in [6.45, 7) is 3.12. The molecule has 1 amide bonds. The van der Waals surface area contributed by atoms with E-state index in [4.69, 9.17) is 4.42 Å². The standard InChI is InChI=1S/C23H23N5O2S/c1-26-19-10-6-5-7-17(19)15-20(26)22-24-25-23(30-22)31-16-21(29)28-13-11-27(12-14-28)18-8-3-2-4-9-18/h2-10,15H,11-14,16H2,1H3. The van der Waals surface area contributed by atoms with E-state index in [1.54, 1.807) is 0 Å². The summed E-state index contributed by atoms with van der Waals surface area (Å²) in [6.07, 6.45) is 0. The Hall–Kier alpha value is -3.26. The van der Waals surface area contributed by atoms with Crippen molar-refractivity contribution in [2.45, 2.75) is 5.22 Å². The van der Waals surface area contributed by atoms with Crippen molar-refractivity contribution in [2.24, 2.45) is 7.05 Å². The Kier molecular flexibility index (Phi) is 5.38. The van der Waals surface area contributed by atoms with Crippen LogP contribution in [0.1, 0.15) is 0 Å². The molecule has 5 rings (SSSR count). The zero-order valence-corrected chi connectivity index (χ0v) is 18.1. The first-order valence-corrected chi connectivity index (χ1v) is 11.3. The quantitative estimate of drug-likeness (QED) is 0.448. The molecule has 0 N–H and O–H groups in total. The average Bonchev–Trinajstić information content (AvgIpc) is 3.43. The normalized spacial score (nSPS) is 14.4. The van der Waals surface area contributed by atoms with E-state index in [0.717, 1.165) is 42.8 Å². The first kappa shape index (κ1) is 19.7. The SMILES string of the molecule is Cn1c(-c2nnc(SCC(=O)N3CCN(c4ccccc4)CC3)o2)cc2ccccc21. The number of aryl methyl sites for hydroxylation is 1. The van der Waals surface area contributed by atoms with Gasteiger partial charge >= 0.3 is 0 Å². The number of para-hydroxylation sites is 2. The van der Waals surface area contributed by atoms with Crippen LogP contribution in [0.25, 0.3) is 22.5 Å². The molecule has 0 spiro atoms. The second-order valence-corrected chi connectivity index (χ2v) is 8.44. The van der Waals surface area contributed by atoms with Crippen LogP contribution in [-0.2, 0) is 11.8 Å². The highest BCUT2D eigenvalue weighted by molar-refractivity contribution is 7.99. The molecule has 31 heavy (non-hydrogen) atoms. The van der Waals surface area contributed by atoms with Crippen molar-refractivity contribution in [1.29, 1.82) is 0 Å². The van der Waals surface area contributed by atoms with Gasteiger partial charge in [-0.1, -0.05) is 48.2 Å². The van der Waals surface area contributed by atoms with Gasteiger partial charge in [-0.05, 0) is 24.3 Å². The van der Waals surface area contributed by atoms with Gasteiger partial charge in [0, 0.05) is 49.8 Å². The van der Waals surface area contributed by atoms with Gasteiger partial charge in [-0.25, -0.2) is 0 Å². The molecule has 1 aliphatic rings. The van der Waals surface area contributed by atoms with Crippen molar-refractivity contribution in [3.63, 3.8) is 0 Å². The van der Waals surface area contributed by atoms with E-state index in [1.807, 2.05) is 52.9 Å². The highest BCUT2D eigenvalue weighted by Gasteiger charge is 2.22. The summed E-state index contributed by atoms with van der Waals surface area (Å²) < 4.78 is 7.87. The minimum Gasteiger partial charge on any atom is -0.410 e. The van der Waals surface area contributed by atoms with Crippen LogP contribution < -0.4 is 4.90 Å². The third-order valence-electron chi connectivity index (χ3n) is 5.65. The predicted molar refractivity (Wildman–Crippen MR) is 122 cm³/mol. The van der Waals surface area contributed by atoms with Crippen LogP contribution in [0.15, 0.2) is 70.3 Å². The van der Waals surface area contributed by atoms with Gasteiger partial charge in [-0.2, -0.15) is 0 Å². The zero-order chi connectivity index (χ0) is 21.2. The monoisotopic (exact) mass is 433 g/mol. The van der Waals surface area contributed by atoms with Crippen molar-refractivity contribution in [1.82, 2.24) is 19.7 Å². The molecule has 158 valence electrons. The smallest absolute Gasteiger partial charge is 0.277 e. The fraction of sp³-hybridized carbons (Fsp3) is 0.261. The second kappa shape index (κ2) is 8.47. The molecular formula is C23H23N5O2S. The number of piperazine rings is 1. The Morgan fingerprint density at radius 1 is 1.00 bits per heavy atom. The van der Waals surface area contributed by atoms with Gasteiger partial charge in [-0.15, -0.1) is 10.2 Å². The molecule has 4 aromatic rings. The number of carbonyl (C=O) groups excluding carboxylic acids is 1. The Morgan fingerprint density at radius 2 is 1.74 bits per heavy atom. The molecule has 0 atom stereocenters. The van der Waals surface area contributed by atoms with Crippen LogP contribution in [0, 0.1) is 0 Å². The Morgan fingerprint density at radius 3 is 2.52 bits per heavy atom. The summed E-state index contributed by atoms with van der Waals surface area (Å²) >= 11 is 1.29. The van der Waals surface area contributed by atoms with Crippen molar-refractivity contribution >= 4 is 34.3 Å². The molecule has 2 aromatic carbocycles. The van der Waals surface area contributed by atoms with Gasteiger partial charge in [0.25, 0.3) is 11.1 Å². The lowest BCUT2D eigenvalue weighted by Crippen LogP contribution is -2.49. The summed E-state index contributed by atoms with van der Waals surface area (Å²) in [7, 11) is 1.98. The molecule has 0 bridgehead atoms. The van der Waals surface area contributed by atoms with Gasteiger partial charge in [0.05, 0.1) is 5.75 Å². The van der Waals surface area contributed by atoms with Gasteiger partial charge in [0.15, 0.2) is 0 Å². The third-order valence-corrected chi connectivity index (χ3v) is 6.45. The van der Waals surface area contributed by atoms with Crippen LogP contribution in [0.5, 0.6) is 0 Å². The topological polar surface area (TPSA) is 67.4 Å². The van der Waals surface area contributed by atoms with Gasteiger partial charge in [-0.3, -0.25) is 4.79 Å². The average molecular weight is 434 g/mol. The lowest BCUT2D eigenvalue weighted by molar-refractivity contribution is -0.128. The third kappa shape index (κ3) is 4.03. The Balaban J connectivity index is 1.18. The Bertz CT molecular complexity index is 1200. The highest BCUT2D eigenvalue weighted by Crippen LogP contribution is 2.28. The lowest BCUT2D eigenvalue weighted by Gasteiger charge is -2.36. The molecule has 3 heterocycles. The molecular weight excluding hydrogens is 410 g/mol. The summed E-state index contributed by atoms with van der Waals surface area (Å²) in [4.78, 5) is 16.9. The zero-order valence-electron chi connectivity index (χ0n) is 17.3. The molecule has 0 saturated carbocycles. The molecule has 0 unspecified atom stereocenters. The molecule has 0 radical (unpaired) electrons. The van der Waals surface area contributed by atoms with Crippen LogP contribution in [0.2, 0.25) is 0 Å². The largest absolute Gasteiger partial charge is 0.410 e. The first-order chi connectivity index (χ1) is 15.2. The van der Waals surface area contributed by atoms with Crippen LogP contribution in [0.3, 0.4) is 0 Å². The number of anilines is 1. The van der Waals surface area contributed by atoms with Crippen LogP contribution >= 0.6 is 11.8 Å². The lowest BCUT2D eigenvalue weighted by atomic mass is 10.2. The number of hydrogen-bond donors (Lipinski definition) is 0. The van der Waals surface area contributed by atoms with Gasteiger partial charge in [0.2, 0.25) is 5.91 Å². The number of fused-ring (bicyclic) bond motifs is 1. The number of aromatic nitrogens is 3. The molecule has 1 aliphatic heterocycles. The highest BCUT2D eigenvalue weighted by atomic mass is 32.2. The van der Waals surface area contributed by atoms with E-state index < -0.39 is 0 Å². The second-order valence-electron chi connectivity index (χ2n) is 7.51. The van der Waals surface area contributed by atoms with Gasteiger partial charge in [0.1, 0.15) is 5.69 Å². The summed E-state index contributed by atoms with van der Waals surface area (Å²) in [5.41, 5.74) is 3.18. The van der Waals surface area contributed by atoms with Gasteiger partial charge < -0.3 is 18.8 Å². The summed E-state index contributed by atoms with van der Waals surface area (Å²) in [6, 6.07) is 20.5. The molecule has 7 nitrogen and oxygen atoms in total. The number of hydrogen-bond acceptors (Lipinski definition) is 6. The van der Waals surface area contributed by atoms with Crippen LogP contribution in [0.4, 0.5) is 5.69 Å². The number of thioether (sulfide) groups is 1. The van der Waals surface area contributed by atoms with E-state index in [9.17, 15) is 4.79 Å². The van der Waals surface area contributed by atoms with E-state index in [-0.39, 0.29) is 5.91 Å². The summed E-state index contributed by atoms with van der Waals surface area (Å²) in [5.74, 6) is 0.856. The minimum absolute atomic E-state index is 0.0991. The number of rotatable bonds is 5. The molecule has 1 fully saturated rings. The van der Waals surface area contributed by atoms with E-state index >= 15 is 0 Å². The maximum atomic E-state index is 12.7. The number of nitrogens with zero attached hydrogens (tertiary/aromatic N) is 5. The molecule has 1 saturated heterocycles. The van der Waals surface area contributed by atoms with Crippen molar-refractivity contribution in [3.05, 3.63) is 60.7 Å². The fourth-order valence-electron chi connectivity index (χ4n) is 3.93. The van der Waals surface area contributed by atoms with E-state index in [2.05, 4.69) is 39.4 Å². The first-order valence-electron chi connectivity index (χ1n) is 10.3. The fourth-order valence-corrected chi connectivity index (χ4v) is 4.60. The molecule has 2 aromatic heterocycles. The van der Waals surface area contributed by atoms with Crippen molar-refractivity contribution < 1.29 is 9.21 Å². The number of benzene rings is 2. The number of carbonyl (C=O) groups is 1. The van der Waals surface area contributed by atoms with E-state index in [0.29, 0.717) is 16.9 Å². The maximum Gasteiger partial charge on any atom is 0.277 e.